The van der Waals surface area contributed by atoms with Gasteiger partial charge in [-0.1, -0.05) is 12.2 Å². The van der Waals surface area contributed by atoms with Gasteiger partial charge < -0.3 is 10.4 Å². The number of aliphatic hydroxyl groups excluding tert-OH is 1. The van der Waals surface area contributed by atoms with Gasteiger partial charge in [-0.25, -0.2) is 0 Å². The summed E-state index contributed by atoms with van der Waals surface area (Å²) in [5, 5.41) is 12.7. The molecule has 2 unspecified atom stereocenters. The van der Waals surface area contributed by atoms with E-state index in [1.807, 2.05) is 0 Å². The van der Waals surface area contributed by atoms with Crippen LogP contribution in [0.25, 0.3) is 0 Å². The van der Waals surface area contributed by atoms with E-state index < -0.39 is 0 Å². The number of hydrogen-bond donors (Lipinski definition) is 2. The molecule has 2 rings (SSSR count). The Morgan fingerprint density at radius 1 is 1.69 bits per heavy atom. The van der Waals surface area contributed by atoms with Gasteiger partial charge in [-0.3, -0.25) is 0 Å². The van der Waals surface area contributed by atoms with Crippen LogP contribution in [0.1, 0.15) is 26.2 Å². The van der Waals surface area contributed by atoms with E-state index in [9.17, 15) is 5.11 Å². The van der Waals surface area contributed by atoms with Crippen molar-refractivity contribution in [2.45, 2.75) is 31.7 Å². The van der Waals surface area contributed by atoms with E-state index in [1.165, 1.54) is 12.1 Å². The molecule has 0 saturated carbocycles. The third-order valence-corrected chi connectivity index (χ3v) is 3.11. The van der Waals surface area contributed by atoms with E-state index in [2.05, 4.69) is 30.5 Å². The van der Waals surface area contributed by atoms with Crippen LogP contribution >= 0.6 is 0 Å². The largest absolute Gasteiger partial charge is 0.394 e. The molecule has 1 heterocycles. The number of fused-ring (bicyclic) bond motifs is 1. The summed E-state index contributed by atoms with van der Waals surface area (Å²) in [5.41, 5.74) is 1.22. The molecule has 2 heteroatoms. The Morgan fingerprint density at radius 2 is 2.54 bits per heavy atom. The molecule has 0 amide bonds. The van der Waals surface area contributed by atoms with Crippen molar-refractivity contribution in [1.29, 1.82) is 0 Å². The molecule has 1 aliphatic carbocycles. The third-order valence-electron chi connectivity index (χ3n) is 3.11. The lowest BCUT2D eigenvalue weighted by molar-refractivity contribution is 0.146. The molecule has 1 fully saturated rings. The van der Waals surface area contributed by atoms with Gasteiger partial charge in [0.25, 0.3) is 0 Å². The number of hydrogen-bond acceptors (Lipinski definition) is 2. The van der Waals surface area contributed by atoms with Gasteiger partial charge in [-0.2, -0.15) is 0 Å². The summed E-state index contributed by atoms with van der Waals surface area (Å²) in [5.74, 6) is 0.671. The highest BCUT2D eigenvalue weighted by molar-refractivity contribution is 5.23. The Morgan fingerprint density at radius 3 is 3.31 bits per heavy atom. The van der Waals surface area contributed by atoms with Crippen LogP contribution < -0.4 is 5.32 Å². The lowest BCUT2D eigenvalue weighted by Crippen LogP contribution is -2.50. The van der Waals surface area contributed by atoms with Crippen molar-refractivity contribution in [3.8, 4) is 0 Å². The van der Waals surface area contributed by atoms with Crippen molar-refractivity contribution < 1.29 is 5.11 Å². The van der Waals surface area contributed by atoms with Crippen molar-refractivity contribution in [2.24, 2.45) is 5.92 Å². The molecule has 72 valence electrons. The van der Waals surface area contributed by atoms with E-state index in [0.717, 1.165) is 12.8 Å². The van der Waals surface area contributed by atoms with Gasteiger partial charge in [-0.15, -0.1) is 0 Å². The van der Waals surface area contributed by atoms with Crippen LogP contribution in [-0.4, -0.2) is 17.3 Å². The maximum atomic E-state index is 9.23. The molecule has 0 aromatic rings. The quantitative estimate of drug-likeness (QED) is 0.640. The second-order valence-corrected chi connectivity index (χ2v) is 4.37. The summed E-state index contributed by atoms with van der Waals surface area (Å²) >= 11 is 0. The Balaban J connectivity index is 2.14. The standard InChI is InChI=1S/C11H17NO/c1-11(8-13)7-6-9-4-2-3-5-10(9)12-11/h2-3,5,9,12-13H,4,6-8H2,1H3. The number of rotatable bonds is 1. The minimum absolute atomic E-state index is 0.0898. The van der Waals surface area contributed by atoms with Crippen LogP contribution in [0.3, 0.4) is 0 Å². The van der Waals surface area contributed by atoms with Gasteiger partial charge in [-0.05, 0) is 32.3 Å². The van der Waals surface area contributed by atoms with Crippen LogP contribution in [0.5, 0.6) is 0 Å². The fourth-order valence-corrected chi connectivity index (χ4v) is 2.12. The monoisotopic (exact) mass is 179 g/mol. The van der Waals surface area contributed by atoms with E-state index >= 15 is 0 Å². The topological polar surface area (TPSA) is 32.3 Å². The second-order valence-electron chi connectivity index (χ2n) is 4.37. The highest BCUT2D eigenvalue weighted by atomic mass is 16.3. The number of allylic oxidation sites excluding steroid dienone is 4. The maximum absolute atomic E-state index is 9.23. The van der Waals surface area contributed by atoms with Gasteiger partial charge in [0.05, 0.1) is 12.1 Å². The first-order valence-corrected chi connectivity index (χ1v) is 4.99. The highest BCUT2D eigenvalue weighted by Gasteiger charge is 2.32. The molecule has 2 aliphatic rings. The first-order valence-electron chi connectivity index (χ1n) is 4.99. The zero-order chi connectivity index (χ0) is 9.31. The Hall–Kier alpha value is -0.760. The Bertz CT molecular complexity index is 257. The normalized spacial score (nSPS) is 37.7. The minimum Gasteiger partial charge on any atom is -0.394 e. The predicted molar refractivity (Wildman–Crippen MR) is 53.2 cm³/mol. The molecule has 0 radical (unpaired) electrons. The van der Waals surface area contributed by atoms with Crippen molar-refractivity contribution in [1.82, 2.24) is 5.32 Å². The zero-order valence-electron chi connectivity index (χ0n) is 8.09. The lowest BCUT2D eigenvalue weighted by atomic mass is 9.81. The molecular formula is C11H17NO. The predicted octanol–water partition coefficient (Wildman–Crippen LogP) is 1.58. The van der Waals surface area contributed by atoms with Gasteiger partial charge in [0.1, 0.15) is 0 Å². The van der Waals surface area contributed by atoms with E-state index in [-0.39, 0.29) is 12.1 Å². The number of piperidine rings is 1. The van der Waals surface area contributed by atoms with E-state index in [4.69, 9.17) is 0 Å². The van der Waals surface area contributed by atoms with Gasteiger partial charge >= 0.3 is 0 Å². The molecular weight excluding hydrogens is 162 g/mol. The summed E-state index contributed by atoms with van der Waals surface area (Å²) in [6.07, 6.45) is 9.88. The second kappa shape index (κ2) is 3.18. The van der Waals surface area contributed by atoms with E-state index in [1.54, 1.807) is 0 Å². The summed E-state index contributed by atoms with van der Waals surface area (Å²) in [6.45, 7) is 2.31. The zero-order valence-corrected chi connectivity index (χ0v) is 8.09. The molecule has 2 nitrogen and oxygen atoms in total. The van der Waals surface area contributed by atoms with Crippen LogP contribution in [0.15, 0.2) is 23.9 Å². The van der Waals surface area contributed by atoms with Crippen LogP contribution in [0.4, 0.5) is 0 Å². The molecule has 13 heavy (non-hydrogen) atoms. The average Bonchev–Trinajstić information content (AvgIpc) is 2.18. The van der Waals surface area contributed by atoms with Crippen LogP contribution in [-0.2, 0) is 0 Å². The van der Waals surface area contributed by atoms with Crippen molar-refractivity contribution in [3.05, 3.63) is 23.9 Å². The van der Waals surface area contributed by atoms with Crippen molar-refractivity contribution >= 4 is 0 Å². The first-order chi connectivity index (χ1) is 6.23. The number of aliphatic hydroxyl groups is 1. The highest BCUT2D eigenvalue weighted by Crippen LogP contribution is 2.32. The summed E-state index contributed by atoms with van der Waals surface area (Å²) in [4.78, 5) is 0. The Labute approximate surface area is 79.3 Å². The van der Waals surface area contributed by atoms with Crippen LogP contribution in [0.2, 0.25) is 0 Å². The SMILES string of the molecule is CC1(CO)CCC2CC=CC=C2N1. The summed E-state index contributed by atoms with van der Waals surface area (Å²) in [6, 6.07) is 0. The summed E-state index contributed by atoms with van der Waals surface area (Å²) in [7, 11) is 0. The first kappa shape index (κ1) is 8.82. The summed E-state index contributed by atoms with van der Waals surface area (Å²) < 4.78 is 0. The molecule has 1 aliphatic heterocycles. The fourth-order valence-electron chi connectivity index (χ4n) is 2.12. The van der Waals surface area contributed by atoms with Gasteiger partial charge in [0.15, 0.2) is 0 Å². The molecule has 1 saturated heterocycles. The van der Waals surface area contributed by atoms with Gasteiger partial charge in [0, 0.05) is 11.6 Å². The van der Waals surface area contributed by atoms with Crippen LogP contribution in [0, 0.1) is 5.92 Å². The maximum Gasteiger partial charge on any atom is 0.0658 e. The third kappa shape index (κ3) is 1.63. The van der Waals surface area contributed by atoms with E-state index in [0.29, 0.717) is 5.92 Å². The lowest BCUT2D eigenvalue weighted by Gasteiger charge is -2.40. The number of nitrogens with one attached hydrogen (secondary N) is 1. The van der Waals surface area contributed by atoms with Gasteiger partial charge in [0.2, 0.25) is 0 Å². The molecule has 0 aromatic heterocycles. The fraction of sp³-hybridized carbons (Fsp3) is 0.636. The molecule has 0 spiro atoms. The smallest absolute Gasteiger partial charge is 0.0658 e. The molecule has 0 bridgehead atoms. The Kier molecular flexibility index (Phi) is 2.16. The molecule has 2 atom stereocenters. The average molecular weight is 179 g/mol. The molecule has 2 N–H and O–H groups in total. The minimum atomic E-state index is -0.0898. The van der Waals surface area contributed by atoms with Crippen molar-refractivity contribution in [3.63, 3.8) is 0 Å². The van der Waals surface area contributed by atoms with Crippen molar-refractivity contribution in [2.75, 3.05) is 6.61 Å². The molecule has 0 aromatic carbocycles.